The monoisotopic (exact) mass is 446 g/mol. The lowest BCUT2D eigenvalue weighted by molar-refractivity contribution is -0.143. The smallest absolute Gasteiger partial charge is 0.240 e. The SMILES string of the molecule is CCCC(=O)C(=O)[C@@H]1CCCCCCCCC[C@H](N)C(=O)N2C[C@H]3[C@@H]([C@H]2C(=O)C1)C3(C)C. The topological polar surface area (TPSA) is 97.5 Å². The molecule has 1 aliphatic carbocycles. The number of piperidine rings is 1. The van der Waals surface area contributed by atoms with Crippen LogP contribution < -0.4 is 5.73 Å². The Bertz CT molecular complexity index is 731. The van der Waals surface area contributed by atoms with Crippen LogP contribution in [0.4, 0.5) is 0 Å². The number of ketones is 3. The van der Waals surface area contributed by atoms with Crippen LogP contribution in [-0.4, -0.2) is 46.8 Å². The summed E-state index contributed by atoms with van der Waals surface area (Å²) in [6.07, 6.45) is 9.40. The van der Waals surface area contributed by atoms with Crippen LogP contribution in [0.25, 0.3) is 0 Å². The highest BCUT2D eigenvalue weighted by molar-refractivity contribution is 6.38. The number of amides is 1. The molecular weight excluding hydrogens is 404 g/mol. The van der Waals surface area contributed by atoms with Crippen LogP contribution in [0.15, 0.2) is 0 Å². The molecule has 1 amide bonds. The highest BCUT2D eigenvalue weighted by atomic mass is 16.2. The zero-order valence-electron chi connectivity index (χ0n) is 20.2. The fraction of sp³-hybridized carbons (Fsp3) is 0.846. The van der Waals surface area contributed by atoms with Crippen molar-refractivity contribution < 1.29 is 19.2 Å². The van der Waals surface area contributed by atoms with E-state index >= 15 is 0 Å². The molecule has 0 aromatic rings. The molecule has 2 saturated heterocycles. The maximum absolute atomic E-state index is 13.6. The molecule has 6 nitrogen and oxygen atoms in total. The lowest BCUT2D eigenvalue weighted by Crippen LogP contribution is -2.52. The van der Waals surface area contributed by atoms with Crippen LogP contribution in [0.5, 0.6) is 0 Å². The van der Waals surface area contributed by atoms with Crippen molar-refractivity contribution in [3.05, 3.63) is 0 Å². The summed E-state index contributed by atoms with van der Waals surface area (Å²) in [7, 11) is 0. The van der Waals surface area contributed by atoms with Gasteiger partial charge in [-0.2, -0.15) is 0 Å². The Morgan fingerprint density at radius 3 is 2.22 bits per heavy atom. The molecule has 1 saturated carbocycles. The first-order valence-electron chi connectivity index (χ1n) is 12.9. The van der Waals surface area contributed by atoms with Crippen molar-refractivity contribution in [1.29, 1.82) is 0 Å². The number of Topliss-reactive ketones (excluding diaryl/α,β-unsaturated/α-hetero) is 3. The molecule has 0 aromatic heterocycles. The molecule has 2 aliphatic heterocycles. The number of hydrogen-bond acceptors (Lipinski definition) is 5. The van der Waals surface area contributed by atoms with Gasteiger partial charge in [-0.05, 0) is 36.5 Å². The number of carbonyl (C=O) groups excluding carboxylic acids is 4. The Morgan fingerprint density at radius 2 is 1.59 bits per heavy atom. The zero-order valence-corrected chi connectivity index (χ0v) is 20.2. The Balaban J connectivity index is 1.81. The molecule has 2 heterocycles. The normalized spacial score (nSPS) is 34.0. The molecule has 3 aliphatic rings. The summed E-state index contributed by atoms with van der Waals surface area (Å²) >= 11 is 0. The van der Waals surface area contributed by atoms with Gasteiger partial charge in [0.1, 0.15) is 0 Å². The molecule has 5 atom stereocenters. The lowest BCUT2D eigenvalue weighted by atomic mass is 9.85. The van der Waals surface area contributed by atoms with E-state index in [2.05, 4.69) is 13.8 Å². The number of nitrogens with zero attached hydrogens (tertiary/aromatic N) is 1. The van der Waals surface area contributed by atoms with E-state index in [9.17, 15) is 19.2 Å². The van der Waals surface area contributed by atoms with Gasteiger partial charge in [-0.15, -0.1) is 0 Å². The average Bonchev–Trinajstić information content (AvgIpc) is 3.10. The predicted octanol–water partition coefficient (Wildman–Crippen LogP) is 3.83. The van der Waals surface area contributed by atoms with Crippen LogP contribution in [0, 0.1) is 23.2 Å². The van der Waals surface area contributed by atoms with Crippen molar-refractivity contribution in [3.63, 3.8) is 0 Å². The second-order valence-corrected chi connectivity index (χ2v) is 11.0. The Hall–Kier alpha value is -1.56. The summed E-state index contributed by atoms with van der Waals surface area (Å²) in [4.78, 5) is 53.7. The van der Waals surface area contributed by atoms with Crippen molar-refractivity contribution in [2.24, 2.45) is 28.9 Å². The third-order valence-corrected chi connectivity index (χ3v) is 8.28. The summed E-state index contributed by atoms with van der Waals surface area (Å²) < 4.78 is 0. The fourth-order valence-electron chi connectivity index (χ4n) is 6.13. The van der Waals surface area contributed by atoms with Crippen molar-refractivity contribution in [3.8, 4) is 0 Å². The molecule has 3 rings (SSSR count). The third kappa shape index (κ3) is 5.32. The minimum atomic E-state index is -0.567. The fourth-order valence-corrected chi connectivity index (χ4v) is 6.13. The van der Waals surface area contributed by atoms with E-state index in [1.807, 2.05) is 6.92 Å². The zero-order chi connectivity index (χ0) is 23.5. The quantitative estimate of drug-likeness (QED) is 0.662. The van der Waals surface area contributed by atoms with Crippen LogP contribution in [0.3, 0.4) is 0 Å². The van der Waals surface area contributed by atoms with Gasteiger partial charge in [0, 0.05) is 25.3 Å². The van der Waals surface area contributed by atoms with Gasteiger partial charge in [0.2, 0.25) is 11.7 Å². The molecule has 180 valence electrons. The van der Waals surface area contributed by atoms with E-state index in [1.54, 1.807) is 4.90 Å². The average molecular weight is 447 g/mol. The summed E-state index contributed by atoms with van der Waals surface area (Å²) in [5.41, 5.74) is 6.29. The van der Waals surface area contributed by atoms with Crippen molar-refractivity contribution in [1.82, 2.24) is 4.90 Å². The molecule has 0 bridgehead atoms. The van der Waals surface area contributed by atoms with Gasteiger partial charge in [0.15, 0.2) is 11.6 Å². The minimum absolute atomic E-state index is 0.0274. The first-order valence-corrected chi connectivity index (χ1v) is 12.9. The first kappa shape index (κ1) is 25.1. The molecule has 32 heavy (non-hydrogen) atoms. The van der Waals surface area contributed by atoms with Gasteiger partial charge in [-0.3, -0.25) is 19.2 Å². The lowest BCUT2D eigenvalue weighted by Gasteiger charge is -2.32. The van der Waals surface area contributed by atoms with Gasteiger partial charge in [-0.25, -0.2) is 0 Å². The number of rotatable bonds is 4. The second-order valence-electron chi connectivity index (χ2n) is 11.0. The van der Waals surface area contributed by atoms with E-state index in [4.69, 9.17) is 5.73 Å². The molecule has 0 spiro atoms. The molecule has 2 N–H and O–H groups in total. The molecular formula is C26H42N2O4. The van der Waals surface area contributed by atoms with E-state index in [0.29, 0.717) is 31.7 Å². The van der Waals surface area contributed by atoms with E-state index in [0.717, 1.165) is 44.9 Å². The summed E-state index contributed by atoms with van der Waals surface area (Å²) in [6, 6.07) is -1.07. The van der Waals surface area contributed by atoms with Gasteiger partial charge >= 0.3 is 0 Å². The highest BCUT2D eigenvalue weighted by Crippen LogP contribution is 2.65. The maximum atomic E-state index is 13.6. The molecule has 0 unspecified atom stereocenters. The van der Waals surface area contributed by atoms with Crippen LogP contribution in [0.2, 0.25) is 0 Å². The predicted molar refractivity (Wildman–Crippen MR) is 124 cm³/mol. The van der Waals surface area contributed by atoms with Gasteiger partial charge in [-0.1, -0.05) is 65.7 Å². The first-order chi connectivity index (χ1) is 15.2. The maximum Gasteiger partial charge on any atom is 0.240 e. The van der Waals surface area contributed by atoms with E-state index in [1.165, 1.54) is 0 Å². The number of hydrogen-bond donors (Lipinski definition) is 1. The Labute approximate surface area is 193 Å². The van der Waals surface area contributed by atoms with Crippen LogP contribution in [0.1, 0.15) is 97.8 Å². The number of carbonyl (C=O) groups is 4. The van der Waals surface area contributed by atoms with Crippen LogP contribution in [-0.2, 0) is 19.2 Å². The van der Waals surface area contributed by atoms with Crippen molar-refractivity contribution >= 4 is 23.3 Å². The molecule has 3 fully saturated rings. The van der Waals surface area contributed by atoms with Crippen molar-refractivity contribution in [2.45, 2.75) is 110 Å². The number of fused-ring (bicyclic) bond motifs is 3. The molecule has 0 aromatic carbocycles. The molecule has 6 heteroatoms. The van der Waals surface area contributed by atoms with Crippen LogP contribution >= 0.6 is 0 Å². The Kier molecular flexibility index (Phi) is 8.29. The van der Waals surface area contributed by atoms with Crippen molar-refractivity contribution in [2.75, 3.05) is 6.54 Å². The minimum Gasteiger partial charge on any atom is -0.331 e. The van der Waals surface area contributed by atoms with Gasteiger partial charge in [0.05, 0.1) is 12.1 Å². The number of nitrogens with two attached hydrogens (primary N) is 1. The third-order valence-electron chi connectivity index (χ3n) is 8.28. The van der Waals surface area contributed by atoms with Gasteiger partial charge < -0.3 is 10.6 Å². The van der Waals surface area contributed by atoms with Gasteiger partial charge in [0.25, 0.3) is 0 Å². The Morgan fingerprint density at radius 1 is 1.00 bits per heavy atom. The largest absolute Gasteiger partial charge is 0.331 e. The highest BCUT2D eigenvalue weighted by Gasteiger charge is 2.69. The van der Waals surface area contributed by atoms with E-state index in [-0.39, 0.29) is 47.4 Å². The van der Waals surface area contributed by atoms with E-state index < -0.39 is 18.0 Å². The summed E-state index contributed by atoms with van der Waals surface area (Å²) in [6.45, 7) is 6.78. The summed E-state index contributed by atoms with van der Waals surface area (Å²) in [5.74, 6) is -1.04. The standard InChI is InChI=1S/C26H42N2O4/c1-4-12-20(29)24(31)17-13-10-8-6-5-7-9-11-14-19(27)25(32)28-16-18-22(26(18,2)3)23(28)21(30)15-17/h17-19,22-23H,4-16,27H2,1-3H3/t17-,18+,19+,22+,23-/m1/s1. The summed E-state index contributed by atoms with van der Waals surface area (Å²) in [5, 5.41) is 0. The molecule has 0 radical (unpaired) electrons. The second kappa shape index (κ2) is 10.6.